The fraction of sp³-hybridized carbons (Fsp3) is 0.375. The normalized spacial score (nSPS) is 10.3. The molecule has 1 heterocycles. The minimum Gasteiger partial charge on any atom is -0.309 e. The summed E-state index contributed by atoms with van der Waals surface area (Å²) in [5.41, 5.74) is 13.3. The average molecular weight is 1690 g/mol. The topological polar surface area (TPSA) is 35.6 Å². The monoisotopic (exact) mass is 1690 g/mol. The standard InChI is InChI=1S/C13H17N.C11H15N.C11H17N.C11H13N.C11H17N.3C10H15N.C9H13N.C9H9N.C7H11NS/c1-3-14(4-2)12-8-11-13-9-6-5-7-10-13;1-4-10-5-7-11(8-6-10)9-12(2)3;2*1-3-9-12(2)10-11-7-5-4-6-8-11;1-3-12(4-2)10-11-8-6-5-7-9-11;1-9(11(2)3)10-7-5-4-6-8-10;1-11(2)9-8-10-6-4-3-5-7-10;1-3-11(2)9-10-7-5-4-6-8-10;1-10(2)8-9-6-4-3-5-7-9;1-4-7-10(8-5-2)9-6-3;1-8(2)6-7-4-3-5-9-7/h5-7,9-10H,3-4,12H2,1-2H3;4-8H,1,9H2,2-3H3;4-8H,3,9-10H2,1-2H3;1,4-8H,9-10H2,2H3;5-9H,3-4,10H2,1-2H3;4-9H,1-3H3;3-7H,8-9H2,1-2H3;4-8H,3,9H2,1-2H3;3-7H,8H2,1-2H3;1-3H,7-9H2;3-5H,6H2,1-2H3. The van der Waals surface area contributed by atoms with Gasteiger partial charge in [0.15, 0.2) is 0 Å². The van der Waals surface area contributed by atoms with E-state index >= 15 is 0 Å². The Balaban J connectivity index is 0.00000134. The zero-order valence-corrected chi connectivity index (χ0v) is 80.8. The molecular weight excluding hydrogens is 1530 g/mol. The third-order valence-corrected chi connectivity index (χ3v) is 19.4. The summed E-state index contributed by atoms with van der Waals surface area (Å²) in [7, 11) is 27.2. The van der Waals surface area contributed by atoms with Gasteiger partial charge in [0.05, 0.1) is 32.7 Å². The molecule has 0 aliphatic heterocycles. The number of likely N-dealkylation sites (N-methyl/N-ethyl adjacent to an activating group) is 1. The van der Waals surface area contributed by atoms with Crippen LogP contribution >= 0.6 is 11.3 Å². The van der Waals surface area contributed by atoms with E-state index in [0.717, 1.165) is 104 Å². The van der Waals surface area contributed by atoms with Crippen molar-refractivity contribution in [1.29, 1.82) is 0 Å². The molecule has 12 heteroatoms. The Morgan fingerprint density at radius 1 is 0.323 bits per heavy atom. The Hall–Kier alpha value is -10.2. The molecule has 0 amide bonds. The molecule has 0 radical (unpaired) electrons. The van der Waals surface area contributed by atoms with Crippen LogP contribution in [0.25, 0.3) is 6.08 Å². The largest absolute Gasteiger partial charge is 0.309 e. The maximum atomic E-state index is 5.19. The predicted molar refractivity (Wildman–Crippen MR) is 547 cm³/mol. The van der Waals surface area contributed by atoms with E-state index in [2.05, 4.69) is 448 Å². The number of nitrogens with zero attached hydrogens (tertiary/aromatic N) is 11. The molecule has 124 heavy (non-hydrogen) atoms. The number of benzene rings is 9. The molecule has 9 aromatic carbocycles. The molecule has 0 saturated heterocycles. The molecule has 10 aromatic rings. The summed E-state index contributed by atoms with van der Waals surface area (Å²) in [6.07, 6.45) is 24.6. The van der Waals surface area contributed by atoms with Crippen molar-refractivity contribution in [3.05, 3.63) is 352 Å². The molecule has 0 N–H and O–H groups in total. The van der Waals surface area contributed by atoms with Crippen LogP contribution in [0.5, 0.6) is 0 Å². The van der Waals surface area contributed by atoms with Crippen molar-refractivity contribution in [2.24, 2.45) is 0 Å². The fourth-order valence-electron chi connectivity index (χ4n) is 11.3. The van der Waals surface area contributed by atoms with Crippen LogP contribution in [0, 0.1) is 61.2 Å². The van der Waals surface area contributed by atoms with Crippen molar-refractivity contribution >= 4 is 17.4 Å². The van der Waals surface area contributed by atoms with Gasteiger partial charge in [-0.15, -0.1) is 37.0 Å². The Kier molecular flexibility index (Phi) is 71.2. The zero-order valence-electron chi connectivity index (χ0n) is 80.0. The van der Waals surface area contributed by atoms with E-state index in [0.29, 0.717) is 32.2 Å². The van der Waals surface area contributed by atoms with Gasteiger partial charge < -0.3 is 34.3 Å². The molecule has 666 valence electrons. The lowest BCUT2D eigenvalue weighted by atomic mass is 10.1. The van der Waals surface area contributed by atoms with Gasteiger partial charge in [-0.2, -0.15) is 0 Å². The third kappa shape index (κ3) is 65.4. The van der Waals surface area contributed by atoms with Crippen LogP contribution < -0.4 is 0 Å². The molecule has 1 atom stereocenters. The zero-order chi connectivity index (χ0) is 92.0. The van der Waals surface area contributed by atoms with Crippen molar-refractivity contribution in [1.82, 2.24) is 53.9 Å². The Morgan fingerprint density at radius 3 is 1.02 bits per heavy atom. The number of hydrogen-bond acceptors (Lipinski definition) is 12. The predicted octanol–water partition coefficient (Wildman–Crippen LogP) is 21.6. The van der Waals surface area contributed by atoms with E-state index < -0.39 is 0 Å². The SMILES string of the molecule is C#CCN(C)Cc1ccccc1.C#CCN(CC#C)CC#C.C=Cc1ccc(CN(C)C)cc1.CC(c1ccccc1)N(C)C.CCCN(C)Cc1ccccc1.CCN(C)Cc1ccccc1.CCN(CC)CC#Cc1ccccc1.CCN(CC)Cc1ccccc1.CN(C)CCc1ccccc1.CN(C)Cc1ccccc1.CN(C)Cc1cccs1. The molecular formula is C112H157N11S. The maximum absolute atomic E-state index is 5.19. The van der Waals surface area contributed by atoms with Crippen LogP contribution in [-0.4, -0.2) is 224 Å². The van der Waals surface area contributed by atoms with E-state index in [4.69, 9.17) is 25.7 Å². The smallest absolute Gasteiger partial charge is 0.0616 e. The van der Waals surface area contributed by atoms with Gasteiger partial charge >= 0.3 is 0 Å². The highest BCUT2D eigenvalue weighted by Crippen LogP contribution is 2.16. The molecule has 11 nitrogen and oxygen atoms in total. The number of hydrogen-bond donors (Lipinski definition) is 0. The summed E-state index contributed by atoms with van der Waals surface area (Å²) in [6, 6.07) is 96.9. The van der Waals surface area contributed by atoms with Gasteiger partial charge in [-0.1, -0.05) is 351 Å². The summed E-state index contributed by atoms with van der Waals surface area (Å²) < 4.78 is 0. The van der Waals surface area contributed by atoms with Crippen LogP contribution in [0.3, 0.4) is 0 Å². The maximum Gasteiger partial charge on any atom is 0.0616 e. The first-order valence-corrected chi connectivity index (χ1v) is 44.5. The van der Waals surface area contributed by atoms with E-state index in [1.54, 1.807) is 0 Å². The van der Waals surface area contributed by atoms with Gasteiger partial charge in [-0.25, -0.2) is 0 Å². The summed E-state index contributed by atoms with van der Waals surface area (Å²) in [5, 5.41) is 2.11. The van der Waals surface area contributed by atoms with E-state index in [9.17, 15) is 0 Å². The highest BCUT2D eigenvalue weighted by Gasteiger charge is 2.06. The number of terminal acetylenes is 4. The van der Waals surface area contributed by atoms with Crippen LogP contribution in [0.4, 0.5) is 0 Å². The van der Waals surface area contributed by atoms with Gasteiger partial charge in [-0.05, 0) is 224 Å². The van der Waals surface area contributed by atoms with Crippen molar-refractivity contribution in [2.75, 3.05) is 170 Å². The van der Waals surface area contributed by atoms with Crippen LogP contribution in [0.15, 0.2) is 291 Å². The van der Waals surface area contributed by atoms with Gasteiger partial charge in [0.1, 0.15) is 0 Å². The lowest BCUT2D eigenvalue weighted by molar-refractivity contribution is 0.296. The summed E-state index contributed by atoms with van der Waals surface area (Å²) in [5.74, 6) is 16.4. The number of rotatable bonds is 32. The van der Waals surface area contributed by atoms with Gasteiger partial charge in [0.25, 0.3) is 0 Å². The van der Waals surface area contributed by atoms with Crippen LogP contribution in [0.1, 0.15) is 121 Å². The molecule has 0 aliphatic carbocycles. The van der Waals surface area contributed by atoms with Crippen molar-refractivity contribution in [2.45, 2.75) is 113 Å². The molecule has 0 spiro atoms. The molecule has 10 rings (SSSR count). The first-order valence-electron chi connectivity index (χ1n) is 43.6. The van der Waals surface area contributed by atoms with Crippen LogP contribution in [0.2, 0.25) is 0 Å². The molecule has 1 unspecified atom stereocenters. The van der Waals surface area contributed by atoms with Crippen molar-refractivity contribution in [3.8, 4) is 61.2 Å². The minimum atomic E-state index is 0.510. The van der Waals surface area contributed by atoms with Gasteiger partial charge in [0.2, 0.25) is 0 Å². The highest BCUT2D eigenvalue weighted by atomic mass is 32.1. The highest BCUT2D eigenvalue weighted by molar-refractivity contribution is 7.09. The second-order valence-electron chi connectivity index (χ2n) is 31.0. The fourth-order valence-corrected chi connectivity index (χ4v) is 12.2. The molecule has 0 saturated carbocycles. The quantitative estimate of drug-likeness (QED) is 0.0379. The van der Waals surface area contributed by atoms with E-state index in [1.807, 2.05) is 90.0 Å². The molecule has 0 bridgehead atoms. The van der Waals surface area contributed by atoms with Crippen molar-refractivity contribution in [3.63, 3.8) is 0 Å². The summed E-state index contributed by atoms with van der Waals surface area (Å²) >= 11 is 1.81. The Bertz CT molecular complexity index is 4230. The molecule has 0 fully saturated rings. The van der Waals surface area contributed by atoms with Crippen molar-refractivity contribution < 1.29 is 0 Å². The summed E-state index contributed by atoms with van der Waals surface area (Å²) in [4.78, 5) is 25.6. The Labute approximate surface area is 762 Å². The molecule has 1 aromatic heterocycles. The van der Waals surface area contributed by atoms with E-state index in [1.165, 1.54) is 67.9 Å². The average Bonchev–Trinajstić information content (AvgIpc) is 1.05. The lowest BCUT2D eigenvalue weighted by Gasteiger charge is -2.19. The second-order valence-corrected chi connectivity index (χ2v) is 32.1. The Morgan fingerprint density at radius 2 is 0.677 bits per heavy atom. The van der Waals surface area contributed by atoms with Gasteiger partial charge in [0, 0.05) is 68.8 Å². The first-order chi connectivity index (χ1) is 59.8. The second kappa shape index (κ2) is 77.6. The van der Waals surface area contributed by atoms with E-state index in [-0.39, 0.29) is 0 Å². The molecule has 0 aliphatic rings. The third-order valence-electron chi connectivity index (χ3n) is 18.5. The minimum absolute atomic E-state index is 0.510. The summed E-state index contributed by atoms with van der Waals surface area (Å²) in [6.45, 7) is 37.2. The van der Waals surface area contributed by atoms with Crippen LogP contribution in [-0.2, 0) is 52.2 Å². The lowest BCUT2D eigenvalue weighted by Crippen LogP contribution is -2.24. The number of thiophene rings is 1. The van der Waals surface area contributed by atoms with Gasteiger partial charge in [-0.3, -0.25) is 19.6 Å². The first kappa shape index (κ1) is 114.